The molecule has 35 heavy (non-hydrogen) atoms. The number of carbonyl (C=O) groups is 2. The SMILES string of the molecule is N=Cc1cc(/C=C2\SC(=O)N(CCNCCO)C2=O)ccc1NCc1ccc(Cl)cc1C(F)(F)F. The van der Waals surface area contributed by atoms with Crippen LogP contribution >= 0.6 is 23.4 Å². The molecule has 0 aromatic heterocycles. The highest BCUT2D eigenvalue weighted by Gasteiger charge is 2.35. The zero-order valence-electron chi connectivity index (χ0n) is 18.3. The van der Waals surface area contributed by atoms with Crippen molar-refractivity contribution >= 4 is 52.5 Å². The molecule has 4 N–H and O–H groups in total. The molecule has 2 aromatic carbocycles. The predicted molar refractivity (Wildman–Crippen MR) is 131 cm³/mol. The summed E-state index contributed by atoms with van der Waals surface area (Å²) in [5.74, 6) is -0.438. The summed E-state index contributed by atoms with van der Waals surface area (Å²) in [7, 11) is 0. The van der Waals surface area contributed by atoms with Gasteiger partial charge in [0.25, 0.3) is 11.1 Å². The highest BCUT2D eigenvalue weighted by Crippen LogP contribution is 2.35. The topological polar surface area (TPSA) is 106 Å². The molecule has 0 saturated carbocycles. The Bertz CT molecular complexity index is 1160. The Morgan fingerprint density at radius 3 is 2.60 bits per heavy atom. The number of hydrogen-bond donors (Lipinski definition) is 4. The number of thioether (sulfide) groups is 1. The van der Waals surface area contributed by atoms with Gasteiger partial charge in [-0.3, -0.25) is 14.5 Å². The molecule has 1 aliphatic heterocycles. The van der Waals surface area contributed by atoms with Gasteiger partial charge in [-0.15, -0.1) is 0 Å². The number of alkyl halides is 3. The van der Waals surface area contributed by atoms with E-state index < -0.39 is 22.9 Å². The molecule has 0 atom stereocenters. The van der Waals surface area contributed by atoms with Gasteiger partial charge in [0.1, 0.15) is 0 Å². The normalized spacial score (nSPS) is 15.2. The first-order chi connectivity index (χ1) is 16.6. The van der Waals surface area contributed by atoms with Gasteiger partial charge < -0.3 is 21.1 Å². The minimum atomic E-state index is -4.56. The second-order valence-corrected chi connectivity index (χ2v) is 8.88. The van der Waals surface area contributed by atoms with Crippen LogP contribution in [-0.4, -0.2) is 53.6 Å². The van der Waals surface area contributed by atoms with Crippen molar-refractivity contribution in [3.8, 4) is 0 Å². The standard InChI is InChI=1S/C23H22ClF3N4O3S/c24-17-3-2-15(18(11-17)23(25,26)27)13-30-19-4-1-14(9-16(19)12-28)10-20-21(33)31(22(34)35-20)7-5-29-6-8-32/h1-4,9-12,28-30,32H,5-8,13H2/b20-10-,28-12?. The Labute approximate surface area is 208 Å². The number of carbonyl (C=O) groups excluding carboxylic acids is 2. The third-order valence-electron chi connectivity index (χ3n) is 5.05. The van der Waals surface area contributed by atoms with Crippen molar-refractivity contribution in [1.29, 1.82) is 5.41 Å². The Kier molecular flexibility index (Phi) is 8.95. The monoisotopic (exact) mass is 526 g/mol. The van der Waals surface area contributed by atoms with Gasteiger partial charge in [0, 0.05) is 48.7 Å². The highest BCUT2D eigenvalue weighted by molar-refractivity contribution is 8.18. The number of hydrogen-bond acceptors (Lipinski definition) is 7. The molecule has 3 rings (SSSR count). The molecule has 0 spiro atoms. The summed E-state index contributed by atoms with van der Waals surface area (Å²) >= 11 is 6.53. The van der Waals surface area contributed by atoms with Gasteiger partial charge in [-0.25, -0.2) is 0 Å². The number of aliphatic hydroxyl groups excluding tert-OH is 1. The fourth-order valence-corrected chi connectivity index (χ4v) is 4.38. The predicted octanol–water partition coefficient (Wildman–Crippen LogP) is 4.59. The van der Waals surface area contributed by atoms with E-state index in [1.165, 1.54) is 18.2 Å². The molecular weight excluding hydrogens is 505 g/mol. The van der Waals surface area contributed by atoms with Crippen molar-refractivity contribution in [3.05, 3.63) is 68.6 Å². The Hall–Kier alpha value is -2.86. The highest BCUT2D eigenvalue weighted by atomic mass is 35.5. The van der Waals surface area contributed by atoms with E-state index in [-0.39, 0.29) is 35.2 Å². The average molecular weight is 527 g/mol. The Morgan fingerprint density at radius 2 is 1.91 bits per heavy atom. The largest absolute Gasteiger partial charge is 0.416 e. The summed E-state index contributed by atoms with van der Waals surface area (Å²) in [6.45, 7) is 0.685. The van der Waals surface area contributed by atoms with Crippen molar-refractivity contribution < 1.29 is 27.9 Å². The number of anilines is 1. The Morgan fingerprint density at radius 1 is 1.14 bits per heavy atom. The third kappa shape index (κ3) is 6.85. The molecular formula is C23H22ClF3N4O3S. The van der Waals surface area contributed by atoms with Gasteiger partial charge in [-0.2, -0.15) is 13.2 Å². The quantitative estimate of drug-likeness (QED) is 0.205. The molecule has 2 amide bonds. The van der Waals surface area contributed by atoms with E-state index in [1.54, 1.807) is 18.2 Å². The van der Waals surface area contributed by atoms with Crippen molar-refractivity contribution in [1.82, 2.24) is 10.2 Å². The third-order valence-corrected chi connectivity index (χ3v) is 6.19. The molecule has 7 nitrogen and oxygen atoms in total. The molecule has 186 valence electrons. The van der Waals surface area contributed by atoms with Crippen molar-refractivity contribution in [3.63, 3.8) is 0 Å². The number of benzene rings is 2. The van der Waals surface area contributed by atoms with Crippen LogP contribution in [0.1, 0.15) is 22.3 Å². The number of nitrogens with one attached hydrogen (secondary N) is 3. The van der Waals surface area contributed by atoms with E-state index in [4.69, 9.17) is 22.1 Å². The van der Waals surface area contributed by atoms with E-state index in [2.05, 4.69) is 10.6 Å². The van der Waals surface area contributed by atoms with Crippen LogP contribution in [0.3, 0.4) is 0 Å². The second kappa shape index (κ2) is 11.7. The van der Waals surface area contributed by atoms with E-state index in [1.807, 2.05) is 0 Å². The zero-order valence-corrected chi connectivity index (χ0v) is 19.9. The van der Waals surface area contributed by atoms with Gasteiger partial charge in [0.2, 0.25) is 0 Å². The first kappa shape index (κ1) is 26.7. The molecule has 1 saturated heterocycles. The summed E-state index contributed by atoms with van der Waals surface area (Å²) in [5, 5.41) is 21.9. The van der Waals surface area contributed by atoms with Gasteiger partial charge in [-0.05, 0) is 53.2 Å². The maximum absolute atomic E-state index is 13.3. The van der Waals surface area contributed by atoms with Crippen LogP contribution in [0.15, 0.2) is 41.3 Å². The number of aliphatic hydroxyl groups is 1. The minimum absolute atomic E-state index is 0.00376. The van der Waals surface area contributed by atoms with E-state index in [9.17, 15) is 22.8 Å². The fraction of sp³-hybridized carbons (Fsp3) is 0.261. The van der Waals surface area contributed by atoms with Crippen LogP contribution in [0.2, 0.25) is 5.02 Å². The van der Waals surface area contributed by atoms with Crippen LogP contribution in [0.4, 0.5) is 23.7 Å². The lowest BCUT2D eigenvalue weighted by molar-refractivity contribution is -0.138. The molecule has 1 fully saturated rings. The number of halogens is 4. The molecule has 1 aliphatic rings. The molecule has 0 aliphatic carbocycles. The smallest absolute Gasteiger partial charge is 0.395 e. The van der Waals surface area contributed by atoms with Gasteiger partial charge >= 0.3 is 6.18 Å². The summed E-state index contributed by atoms with van der Waals surface area (Å²) in [6.07, 6.45) is -1.98. The van der Waals surface area contributed by atoms with Crippen molar-refractivity contribution in [2.24, 2.45) is 0 Å². The lowest BCUT2D eigenvalue weighted by Crippen LogP contribution is -2.35. The van der Waals surface area contributed by atoms with Gasteiger partial charge in [0.15, 0.2) is 0 Å². The molecule has 2 aromatic rings. The van der Waals surface area contributed by atoms with Crippen LogP contribution < -0.4 is 10.6 Å². The number of imide groups is 1. The molecule has 12 heteroatoms. The average Bonchev–Trinajstić information content (AvgIpc) is 3.08. The first-order valence-corrected chi connectivity index (χ1v) is 11.6. The number of amides is 2. The minimum Gasteiger partial charge on any atom is -0.395 e. The molecule has 0 unspecified atom stereocenters. The zero-order chi connectivity index (χ0) is 25.6. The fourth-order valence-electron chi connectivity index (χ4n) is 3.35. The van der Waals surface area contributed by atoms with Crippen LogP contribution in [0.5, 0.6) is 0 Å². The maximum atomic E-state index is 13.3. The van der Waals surface area contributed by atoms with E-state index in [0.29, 0.717) is 29.9 Å². The van der Waals surface area contributed by atoms with Crippen molar-refractivity contribution in [2.45, 2.75) is 12.7 Å². The van der Waals surface area contributed by atoms with Crippen LogP contribution in [-0.2, 0) is 17.5 Å². The molecule has 1 heterocycles. The lowest BCUT2D eigenvalue weighted by atomic mass is 10.1. The van der Waals surface area contributed by atoms with Crippen molar-refractivity contribution in [2.75, 3.05) is 31.6 Å². The summed E-state index contributed by atoms with van der Waals surface area (Å²) in [6, 6.07) is 8.38. The van der Waals surface area contributed by atoms with Gasteiger partial charge in [-0.1, -0.05) is 23.7 Å². The number of nitrogens with zero attached hydrogens (tertiary/aromatic N) is 1. The van der Waals surface area contributed by atoms with Crippen LogP contribution in [0.25, 0.3) is 6.08 Å². The maximum Gasteiger partial charge on any atom is 0.416 e. The van der Waals surface area contributed by atoms with Crippen LogP contribution in [0, 0.1) is 5.41 Å². The second-order valence-electron chi connectivity index (χ2n) is 7.45. The van der Waals surface area contributed by atoms with E-state index in [0.717, 1.165) is 28.9 Å². The number of rotatable bonds is 10. The molecule has 0 bridgehead atoms. The summed E-state index contributed by atoms with van der Waals surface area (Å²) in [5.41, 5.74) is 0.550. The lowest BCUT2D eigenvalue weighted by Gasteiger charge is -2.15. The first-order valence-electron chi connectivity index (χ1n) is 10.4. The summed E-state index contributed by atoms with van der Waals surface area (Å²) < 4.78 is 40.0. The summed E-state index contributed by atoms with van der Waals surface area (Å²) in [4.78, 5) is 26.1. The van der Waals surface area contributed by atoms with E-state index >= 15 is 0 Å². The molecule has 0 radical (unpaired) electrons. The Balaban J connectivity index is 1.74. The van der Waals surface area contributed by atoms with Gasteiger partial charge in [0.05, 0.1) is 17.1 Å².